The Morgan fingerprint density at radius 1 is 1.00 bits per heavy atom. The van der Waals surface area contributed by atoms with Gasteiger partial charge in [0.15, 0.2) is 0 Å². The maximum Gasteiger partial charge on any atom is 0.273 e. The summed E-state index contributed by atoms with van der Waals surface area (Å²) in [6, 6.07) is 11.1. The molecule has 0 aromatic heterocycles. The van der Waals surface area contributed by atoms with Crippen LogP contribution in [0.15, 0.2) is 47.5 Å². The molecule has 0 N–H and O–H groups in total. The number of carbonyl (C=O) groups is 2. The highest BCUT2D eigenvalue weighted by molar-refractivity contribution is 6.55. The molecular weight excluding hydrogens is 357 g/mol. The molecule has 0 saturated carbocycles. The Balaban J connectivity index is 1.69. The highest BCUT2D eigenvalue weighted by atomic mass is 35.5. The van der Waals surface area contributed by atoms with Crippen molar-refractivity contribution >= 4 is 29.0 Å². The average molecular weight is 374 g/mol. The molecule has 0 aliphatic carbocycles. The molecule has 0 saturated heterocycles. The van der Waals surface area contributed by atoms with Crippen molar-refractivity contribution in [1.29, 1.82) is 0 Å². The number of halogens is 2. The summed E-state index contributed by atoms with van der Waals surface area (Å²) < 4.78 is 18.7. The number of amides is 2. The van der Waals surface area contributed by atoms with E-state index in [9.17, 15) is 14.0 Å². The van der Waals surface area contributed by atoms with Crippen molar-refractivity contribution in [3.8, 4) is 5.75 Å². The van der Waals surface area contributed by atoms with E-state index in [1.807, 2.05) is 32.0 Å². The molecule has 3 rings (SSSR count). The monoisotopic (exact) mass is 373 g/mol. The van der Waals surface area contributed by atoms with Crippen LogP contribution in [-0.2, 0) is 9.59 Å². The molecule has 0 atom stereocenters. The van der Waals surface area contributed by atoms with E-state index >= 15 is 0 Å². The summed E-state index contributed by atoms with van der Waals surface area (Å²) in [6.07, 6.45) is 0. The minimum absolute atomic E-state index is 0.0750. The van der Waals surface area contributed by atoms with Crippen molar-refractivity contribution in [3.05, 3.63) is 70.0 Å². The average Bonchev–Trinajstić information content (AvgIpc) is 2.78. The van der Waals surface area contributed by atoms with Gasteiger partial charge in [0.25, 0.3) is 11.8 Å². The summed E-state index contributed by atoms with van der Waals surface area (Å²) in [6.45, 7) is 4.16. The van der Waals surface area contributed by atoms with Gasteiger partial charge in [-0.3, -0.25) is 14.5 Å². The molecule has 1 heterocycles. The number of imide groups is 1. The van der Waals surface area contributed by atoms with Crippen molar-refractivity contribution in [2.24, 2.45) is 0 Å². The third-order valence-corrected chi connectivity index (χ3v) is 4.37. The first-order valence-electron chi connectivity index (χ1n) is 8.10. The predicted octanol–water partition coefficient (Wildman–Crippen LogP) is 3.84. The van der Waals surface area contributed by atoms with Crippen molar-refractivity contribution in [1.82, 2.24) is 4.90 Å². The predicted molar refractivity (Wildman–Crippen MR) is 97.3 cm³/mol. The van der Waals surface area contributed by atoms with Gasteiger partial charge < -0.3 is 4.74 Å². The number of nitrogens with zero attached hydrogens (tertiary/aromatic N) is 1. The largest absolute Gasteiger partial charge is 0.492 e. The minimum atomic E-state index is -0.569. The van der Waals surface area contributed by atoms with Crippen LogP contribution >= 0.6 is 11.6 Å². The Morgan fingerprint density at radius 3 is 2.23 bits per heavy atom. The molecule has 0 radical (unpaired) electrons. The van der Waals surface area contributed by atoms with Crippen LogP contribution in [0.1, 0.15) is 16.7 Å². The van der Waals surface area contributed by atoms with Crippen LogP contribution in [0.25, 0.3) is 5.57 Å². The molecule has 0 spiro atoms. The van der Waals surface area contributed by atoms with Crippen molar-refractivity contribution < 1.29 is 18.7 Å². The maximum atomic E-state index is 13.1. The topological polar surface area (TPSA) is 46.6 Å². The lowest BCUT2D eigenvalue weighted by Crippen LogP contribution is -2.35. The summed E-state index contributed by atoms with van der Waals surface area (Å²) in [4.78, 5) is 25.9. The van der Waals surface area contributed by atoms with E-state index in [0.717, 1.165) is 16.0 Å². The van der Waals surface area contributed by atoms with Crippen LogP contribution in [0.2, 0.25) is 0 Å². The number of hydrogen-bond donors (Lipinski definition) is 0. The molecule has 0 fully saturated rings. The zero-order valence-electron chi connectivity index (χ0n) is 14.4. The summed E-state index contributed by atoms with van der Waals surface area (Å²) in [7, 11) is 0. The van der Waals surface area contributed by atoms with Gasteiger partial charge in [-0.15, -0.1) is 0 Å². The molecule has 0 bridgehead atoms. The van der Waals surface area contributed by atoms with Gasteiger partial charge in [0.05, 0.1) is 12.1 Å². The molecule has 4 nitrogen and oxygen atoms in total. The molecule has 6 heteroatoms. The Kier molecular flexibility index (Phi) is 5.09. The number of hydrogen-bond acceptors (Lipinski definition) is 3. The number of benzene rings is 2. The van der Waals surface area contributed by atoms with Gasteiger partial charge >= 0.3 is 0 Å². The van der Waals surface area contributed by atoms with Crippen LogP contribution in [0.4, 0.5) is 4.39 Å². The normalized spacial score (nSPS) is 14.4. The quantitative estimate of drug-likeness (QED) is 0.748. The van der Waals surface area contributed by atoms with Crippen molar-refractivity contribution in [2.75, 3.05) is 13.2 Å². The third kappa shape index (κ3) is 3.63. The second-order valence-electron chi connectivity index (χ2n) is 6.13. The molecular formula is C20H17ClFNO3. The van der Waals surface area contributed by atoms with E-state index in [2.05, 4.69) is 0 Å². The fourth-order valence-electron chi connectivity index (χ4n) is 2.89. The van der Waals surface area contributed by atoms with E-state index in [4.69, 9.17) is 16.3 Å². The highest BCUT2D eigenvalue weighted by Gasteiger charge is 2.37. The standard InChI is InChI=1S/C20H17ClFNO3/c1-12-9-13(2)11-16(10-12)26-8-7-23-19(24)17(18(21)20(23)25)14-3-5-15(22)6-4-14/h3-6,9-11H,7-8H2,1-2H3. The third-order valence-electron chi connectivity index (χ3n) is 4.02. The number of rotatable bonds is 5. The van der Waals surface area contributed by atoms with Gasteiger partial charge in [0.2, 0.25) is 0 Å². The van der Waals surface area contributed by atoms with E-state index in [0.29, 0.717) is 11.3 Å². The molecule has 1 aliphatic rings. The van der Waals surface area contributed by atoms with Gasteiger partial charge in [-0.25, -0.2) is 4.39 Å². The first-order valence-corrected chi connectivity index (χ1v) is 8.47. The van der Waals surface area contributed by atoms with E-state index < -0.39 is 17.6 Å². The van der Waals surface area contributed by atoms with Gasteiger partial charge in [0.1, 0.15) is 23.2 Å². The second-order valence-corrected chi connectivity index (χ2v) is 6.51. The maximum absolute atomic E-state index is 13.1. The SMILES string of the molecule is Cc1cc(C)cc(OCCN2C(=O)C(Cl)=C(c3ccc(F)cc3)C2=O)c1. The van der Waals surface area contributed by atoms with Crippen LogP contribution in [0, 0.1) is 19.7 Å². The molecule has 2 aromatic carbocycles. The fourth-order valence-corrected chi connectivity index (χ4v) is 3.18. The number of carbonyl (C=O) groups excluding carboxylic acids is 2. The number of aryl methyl sites for hydroxylation is 2. The Bertz CT molecular complexity index is 886. The lowest BCUT2D eigenvalue weighted by molar-refractivity contribution is -0.137. The van der Waals surface area contributed by atoms with Crippen molar-refractivity contribution in [2.45, 2.75) is 13.8 Å². The molecule has 134 valence electrons. The second kappa shape index (κ2) is 7.30. The van der Waals surface area contributed by atoms with Gasteiger partial charge in [-0.05, 0) is 54.8 Å². The first kappa shape index (κ1) is 18.1. The number of ether oxygens (including phenoxy) is 1. The van der Waals surface area contributed by atoms with Crippen LogP contribution in [0.3, 0.4) is 0 Å². The summed E-state index contributed by atoms with van der Waals surface area (Å²) >= 11 is 6.06. The van der Waals surface area contributed by atoms with Gasteiger partial charge in [-0.2, -0.15) is 0 Å². The Hall–Kier alpha value is -2.66. The smallest absolute Gasteiger partial charge is 0.273 e. The van der Waals surface area contributed by atoms with Gasteiger partial charge in [-0.1, -0.05) is 29.8 Å². The first-order chi connectivity index (χ1) is 12.4. The minimum Gasteiger partial charge on any atom is -0.492 e. The molecule has 0 unspecified atom stereocenters. The lowest BCUT2D eigenvalue weighted by atomic mass is 10.1. The molecule has 26 heavy (non-hydrogen) atoms. The summed E-state index contributed by atoms with van der Waals surface area (Å²) in [5.74, 6) is -0.823. The lowest BCUT2D eigenvalue weighted by Gasteiger charge is -2.16. The van der Waals surface area contributed by atoms with E-state index in [1.54, 1.807) is 0 Å². The summed E-state index contributed by atoms with van der Waals surface area (Å²) in [5, 5.41) is -0.159. The zero-order valence-corrected chi connectivity index (χ0v) is 15.1. The van der Waals surface area contributed by atoms with Crippen LogP contribution in [-0.4, -0.2) is 29.9 Å². The van der Waals surface area contributed by atoms with Gasteiger partial charge in [0, 0.05) is 0 Å². The molecule has 1 aliphatic heterocycles. The Labute approximate surface area is 155 Å². The molecule has 2 amide bonds. The molecule has 2 aromatic rings. The van der Waals surface area contributed by atoms with E-state index in [-0.39, 0.29) is 23.8 Å². The Morgan fingerprint density at radius 2 is 1.62 bits per heavy atom. The van der Waals surface area contributed by atoms with Crippen LogP contribution in [0.5, 0.6) is 5.75 Å². The van der Waals surface area contributed by atoms with Crippen molar-refractivity contribution in [3.63, 3.8) is 0 Å². The highest BCUT2D eigenvalue weighted by Crippen LogP contribution is 2.31. The summed E-state index contributed by atoms with van der Waals surface area (Å²) in [5.41, 5.74) is 2.63. The zero-order chi connectivity index (χ0) is 18.8. The van der Waals surface area contributed by atoms with Crippen LogP contribution < -0.4 is 4.74 Å². The van der Waals surface area contributed by atoms with E-state index in [1.165, 1.54) is 24.3 Å². The fraction of sp³-hybridized carbons (Fsp3) is 0.200.